The van der Waals surface area contributed by atoms with Gasteiger partial charge in [0.25, 0.3) is 0 Å². The third kappa shape index (κ3) is 2.73. The summed E-state index contributed by atoms with van der Waals surface area (Å²) in [5, 5.41) is 11.4. The fraction of sp³-hybridized carbons (Fsp3) is 0.478. The highest BCUT2D eigenvalue weighted by Gasteiger charge is 2.45. The van der Waals surface area contributed by atoms with Crippen molar-refractivity contribution in [2.75, 3.05) is 20.8 Å². The van der Waals surface area contributed by atoms with Crippen LogP contribution in [0.4, 0.5) is 0 Å². The van der Waals surface area contributed by atoms with E-state index < -0.39 is 6.10 Å². The molecule has 0 saturated carbocycles. The molecular formula is C23H26O6. The summed E-state index contributed by atoms with van der Waals surface area (Å²) in [6, 6.07) is 7.58. The van der Waals surface area contributed by atoms with Crippen LogP contribution in [0.15, 0.2) is 24.3 Å². The van der Waals surface area contributed by atoms with E-state index in [2.05, 4.69) is 13.8 Å². The maximum atomic E-state index is 11.4. The summed E-state index contributed by atoms with van der Waals surface area (Å²) < 4.78 is 29.3. The van der Waals surface area contributed by atoms with Crippen LogP contribution < -0.4 is 23.7 Å². The molecule has 0 bridgehead atoms. The topological polar surface area (TPSA) is 66.4 Å². The van der Waals surface area contributed by atoms with E-state index in [0.29, 0.717) is 29.8 Å². The summed E-state index contributed by atoms with van der Waals surface area (Å²) in [6.45, 7) is 4.67. The quantitative estimate of drug-likeness (QED) is 0.853. The summed E-state index contributed by atoms with van der Waals surface area (Å²) in [4.78, 5) is 0. The van der Waals surface area contributed by atoms with E-state index >= 15 is 0 Å². The minimum absolute atomic E-state index is 0.134. The van der Waals surface area contributed by atoms with E-state index in [1.165, 1.54) is 0 Å². The molecule has 0 unspecified atom stereocenters. The number of fused-ring (bicyclic) bond motifs is 6. The fourth-order valence-electron chi connectivity index (χ4n) is 4.64. The molecule has 0 spiro atoms. The van der Waals surface area contributed by atoms with Gasteiger partial charge in [-0.3, -0.25) is 0 Å². The summed E-state index contributed by atoms with van der Waals surface area (Å²) in [5.74, 6) is 3.68. The Kier molecular flexibility index (Phi) is 4.28. The highest BCUT2D eigenvalue weighted by molar-refractivity contribution is 5.58. The molecule has 0 aliphatic carbocycles. The normalized spacial score (nSPS) is 26.3. The molecule has 1 N–H and O–H groups in total. The molecule has 3 aliphatic heterocycles. The van der Waals surface area contributed by atoms with Crippen molar-refractivity contribution in [3.05, 3.63) is 41.0 Å². The predicted molar refractivity (Wildman–Crippen MR) is 107 cm³/mol. The molecule has 0 amide bonds. The van der Waals surface area contributed by atoms with Crippen LogP contribution in [0.25, 0.3) is 0 Å². The molecule has 2 aromatic carbocycles. The number of hydrogen-bond donors (Lipinski definition) is 1. The van der Waals surface area contributed by atoms with Crippen molar-refractivity contribution in [3.63, 3.8) is 0 Å². The number of aliphatic hydroxyl groups is 1. The van der Waals surface area contributed by atoms with Crippen LogP contribution in [0.2, 0.25) is 0 Å². The van der Waals surface area contributed by atoms with Crippen molar-refractivity contribution < 1.29 is 28.8 Å². The number of methoxy groups -OCH3 is 2. The van der Waals surface area contributed by atoms with Crippen molar-refractivity contribution in [1.29, 1.82) is 0 Å². The van der Waals surface area contributed by atoms with Crippen LogP contribution in [0, 0.1) is 5.92 Å². The second kappa shape index (κ2) is 6.73. The second-order valence-corrected chi connectivity index (χ2v) is 8.25. The van der Waals surface area contributed by atoms with Gasteiger partial charge in [0.2, 0.25) is 0 Å². The third-order valence-corrected chi connectivity index (χ3v) is 6.28. The van der Waals surface area contributed by atoms with Crippen molar-refractivity contribution in [2.45, 2.75) is 44.5 Å². The first-order valence-corrected chi connectivity index (χ1v) is 10.1. The van der Waals surface area contributed by atoms with Crippen LogP contribution in [0.1, 0.15) is 42.6 Å². The molecule has 0 radical (unpaired) electrons. The minimum atomic E-state index is -0.701. The Morgan fingerprint density at radius 3 is 2.48 bits per heavy atom. The van der Waals surface area contributed by atoms with E-state index in [1.54, 1.807) is 14.2 Å². The van der Waals surface area contributed by atoms with E-state index in [0.717, 1.165) is 34.6 Å². The van der Waals surface area contributed by atoms with Gasteiger partial charge in [-0.05, 0) is 24.1 Å². The van der Waals surface area contributed by atoms with Crippen molar-refractivity contribution in [3.8, 4) is 28.7 Å². The second-order valence-electron chi connectivity index (χ2n) is 8.25. The molecule has 4 atom stereocenters. The molecular weight excluding hydrogens is 371 g/mol. The van der Waals surface area contributed by atoms with E-state index in [9.17, 15) is 5.11 Å². The molecule has 0 saturated heterocycles. The molecule has 3 heterocycles. The van der Waals surface area contributed by atoms with Gasteiger partial charge in [0.1, 0.15) is 36.1 Å². The molecule has 6 heteroatoms. The molecule has 5 rings (SSSR count). The van der Waals surface area contributed by atoms with Crippen LogP contribution in [0.3, 0.4) is 0 Å². The van der Waals surface area contributed by atoms with E-state index in [4.69, 9.17) is 23.7 Å². The average Bonchev–Trinajstić information content (AvgIpc) is 3.17. The van der Waals surface area contributed by atoms with Crippen molar-refractivity contribution in [2.24, 2.45) is 5.92 Å². The Hall–Kier alpha value is -2.60. The van der Waals surface area contributed by atoms with Gasteiger partial charge in [-0.2, -0.15) is 0 Å². The van der Waals surface area contributed by atoms with Gasteiger partial charge in [0.15, 0.2) is 11.5 Å². The Morgan fingerprint density at radius 1 is 1.00 bits per heavy atom. The first kappa shape index (κ1) is 18.4. The Morgan fingerprint density at radius 2 is 1.76 bits per heavy atom. The minimum Gasteiger partial charge on any atom is -0.493 e. The Bertz CT molecular complexity index is 953. The highest BCUT2D eigenvalue weighted by atomic mass is 16.5. The number of rotatable bonds is 3. The zero-order valence-corrected chi connectivity index (χ0v) is 17.1. The lowest BCUT2D eigenvalue weighted by atomic mass is 9.80. The van der Waals surface area contributed by atoms with Crippen LogP contribution >= 0.6 is 0 Å². The lowest BCUT2D eigenvalue weighted by Crippen LogP contribution is -2.42. The predicted octanol–water partition coefficient (Wildman–Crippen LogP) is 3.63. The largest absolute Gasteiger partial charge is 0.493 e. The SMILES string of the molecule is COc1cc2c(cc1O[11CH3])OC[C@H]1Oc3c(ccc4c3C[C@H](C(C)C)O4)[C@@H](O)[C@@H]21. The average molecular weight is 397 g/mol. The van der Waals surface area contributed by atoms with Crippen LogP contribution in [-0.2, 0) is 6.42 Å². The van der Waals surface area contributed by atoms with Crippen molar-refractivity contribution in [1.82, 2.24) is 0 Å². The summed E-state index contributed by atoms with van der Waals surface area (Å²) in [7, 11) is 3.20. The molecule has 0 fully saturated rings. The summed E-state index contributed by atoms with van der Waals surface area (Å²) in [5.41, 5.74) is 2.73. The maximum absolute atomic E-state index is 11.4. The number of benzene rings is 2. The maximum Gasteiger partial charge on any atom is 0.164 e. The zero-order valence-electron chi connectivity index (χ0n) is 17.1. The molecule has 2 aromatic rings. The molecule has 29 heavy (non-hydrogen) atoms. The third-order valence-electron chi connectivity index (χ3n) is 6.28. The molecule has 154 valence electrons. The smallest absolute Gasteiger partial charge is 0.164 e. The monoisotopic (exact) mass is 397 g/mol. The van der Waals surface area contributed by atoms with Crippen molar-refractivity contribution >= 4 is 0 Å². The number of aliphatic hydroxyl groups excluding tert-OH is 1. The Labute approximate surface area is 170 Å². The molecule has 3 aliphatic rings. The van der Waals surface area contributed by atoms with E-state index in [-0.39, 0.29) is 18.1 Å². The zero-order chi connectivity index (χ0) is 20.3. The highest BCUT2D eigenvalue weighted by Crippen LogP contribution is 2.53. The lowest BCUT2D eigenvalue weighted by Gasteiger charge is -2.41. The van der Waals surface area contributed by atoms with Gasteiger partial charge in [0.05, 0.1) is 26.2 Å². The van der Waals surface area contributed by atoms with Gasteiger partial charge in [-0.1, -0.05) is 13.8 Å². The summed E-state index contributed by atoms with van der Waals surface area (Å²) >= 11 is 0. The summed E-state index contributed by atoms with van der Waals surface area (Å²) in [6.07, 6.45) is -0.0569. The van der Waals surface area contributed by atoms with Crippen LogP contribution in [-0.4, -0.2) is 38.1 Å². The lowest BCUT2D eigenvalue weighted by molar-refractivity contribution is 0.000779. The fourth-order valence-corrected chi connectivity index (χ4v) is 4.64. The van der Waals surface area contributed by atoms with Gasteiger partial charge in [-0.15, -0.1) is 0 Å². The van der Waals surface area contributed by atoms with Gasteiger partial charge >= 0.3 is 0 Å². The first-order valence-electron chi connectivity index (χ1n) is 10.1. The van der Waals surface area contributed by atoms with Gasteiger partial charge in [-0.25, -0.2) is 0 Å². The number of hydrogen-bond acceptors (Lipinski definition) is 6. The van der Waals surface area contributed by atoms with E-state index in [1.807, 2.05) is 24.3 Å². The standard InChI is InChI=1S/C23H26O6/c1-11(2)16-8-14-15(28-16)6-5-12-22(24)21-13-7-18(25-3)19(26-4)9-17(13)27-10-20(21)29-23(12)14/h5-7,9,11,16,20-22,24H,8,10H2,1-4H3/t16-,20-,21+,22-/m1/s1/i4-1. The molecule has 0 aromatic heterocycles. The van der Waals surface area contributed by atoms with Crippen LogP contribution in [0.5, 0.6) is 28.7 Å². The van der Waals surface area contributed by atoms with Gasteiger partial charge < -0.3 is 28.8 Å². The molecule has 6 nitrogen and oxygen atoms in total. The number of ether oxygens (including phenoxy) is 5. The Balaban J connectivity index is 1.56. The first-order chi connectivity index (χ1) is 14.0. The van der Waals surface area contributed by atoms with Gasteiger partial charge in [0, 0.05) is 29.2 Å².